The molecule has 0 N–H and O–H groups in total. The van der Waals surface area contributed by atoms with E-state index in [0.717, 1.165) is 52.4 Å². The van der Waals surface area contributed by atoms with Crippen LogP contribution in [0.3, 0.4) is 0 Å². The summed E-state index contributed by atoms with van der Waals surface area (Å²) in [4.78, 5) is 16.1. The van der Waals surface area contributed by atoms with E-state index in [2.05, 4.69) is 11.8 Å². The van der Waals surface area contributed by atoms with Gasteiger partial charge in [-0.1, -0.05) is 6.92 Å². The number of carbonyl (C=O) groups is 1. The maximum atomic E-state index is 11.9. The van der Waals surface area contributed by atoms with E-state index in [9.17, 15) is 4.79 Å². The lowest BCUT2D eigenvalue weighted by Crippen LogP contribution is -2.51. The van der Waals surface area contributed by atoms with Crippen molar-refractivity contribution in [3.8, 4) is 0 Å². The fourth-order valence-electron chi connectivity index (χ4n) is 2.45. The van der Waals surface area contributed by atoms with Crippen LogP contribution in [0.25, 0.3) is 0 Å². The van der Waals surface area contributed by atoms with Gasteiger partial charge in [-0.05, 0) is 26.2 Å². The molecule has 110 valence electrons. The Bertz CT molecular complexity index is 308. The normalized spacial score (nSPS) is 22.2. The van der Waals surface area contributed by atoms with Gasteiger partial charge >= 0.3 is 6.09 Å². The van der Waals surface area contributed by atoms with Crippen molar-refractivity contribution < 1.29 is 14.3 Å². The molecule has 19 heavy (non-hydrogen) atoms. The van der Waals surface area contributed by atoms with Crippen molar-refractivity contribution >= 4 is 6.09 Å². The predicted molar refractivity (Wildman–Crippen MR) is 73.2 cm³/mol. The molecule has 0 spiro atoms. The number of nitrogens with zero attached hydrogens (tertiary/aromatic N) is 2. The number of amides is 1. The van der Waals surface area contributed by atoms with Crippen molar-refractivity contribution in [2.75, 3.05) is 45.9 Å². The molecular weight excluding hydrogens is 244 g/mol. The summed E-state index contributed by atoms with van der Waals surface area (Å²) in [7, 11) is 0. The van der Waals surface area contributed by atoms with Crippen molar-refractivity contribution in [1.29, 1.82) is 0 Å². The highest BCUT2D eigenvalue weighted by Gasteiger charge is 2.32. The Morgan fingerprint density at radius 3 is 2.53 bits per heavy atom. The van der Waals surface area contributed by atoms with E-state index in [4.69, 9.17) is 9.47 Å². The van der Waals surface area contributed by atoms with E-state index in [1.165, 1.54) is 0 Å². The molecule has 5 heteroatoms. The van der Waals surface area contributed by atoms with Gasteiger partial charge in [-0.2, -0.15) is 0 Å². The summed E-state index contributed by atoms with van der Waals surface area (Å²) in [5.74, 6) is 0.615. The molecule has 0 aromatic heterocycles. The Hall–Kier alpha value is -0.810. The van der Waals surface area contributed by atoms with Gasteiger partial charge in [-0.15, -0.1) is 0 Å². The van der Waals surface area contributed by atoms with Gasteiger partial charge in [-0.25, -0.2) is 4.79 Å². The van der Waals surface area contributed by atoms with Gasteiger partial charge in [0, 0.05) is 32.7 Å². The molecule has 5 nitrogen and oxygen atoms in total. The Kier molecular flexibility index (Phi) is 4.68. The van der Waals surface area contributed by atoms with Crippen LogP contribution in [-0.2, 0) is 9.47 Å². The maximum absolute atomic E-state index is 11.9. The van der Waals surface area contributed by atoms with E-state index in [1.807, 2.05) is 13.8 Å². The number of ether oxygens (including phenoxy) is 2. The zero-order valence-corrected chi connectivity index (χ0v) is 12.4. The van der Waals surface area contributed by atoms with E-state index >= 15 is 0 Å². The number of hydrogen-bond acceptors (Lipinski definition) is 4. The molecule has 0 aromatic carbocycles. The van der Waals surface area contributed by atoms with Crippen LogP contribution < -0.4 is 0 Å². The van der Waals surface area contributed by atoms with E-state index < -0.39 is 5.60 Å². The van der Waals surface area contributed by atoms with Crippen LogP contribution >= 0.6 is 0 Å². The molecule has 2 rings (SSSR count). The van der Waals surface area contributed by atoms with Gasteiger partial charge in [-0.3, -0.25) is 4.90 Å². The van der Waals surface area contributed by atoms with Crippen LogP contribution in [0, 0.1) is 5.92 Å². The summed E-state index contributed by atoms with van der Waals surface area (Å²) >= 11 is 0. The number of likely N-dealkylation sites (tertiary alicyclic amines) is 1. The second-order valence-electron chi connectivity index (χ2n) is 6.34. The minimum absolute atomic E-state index is 0.162. The molecular formula is C14H26N2O3. The van der Waals surface area contributed by atoms with Crippen LogP contribution in [0.1, 0.15) is 27.2 Å². The second-order valence-corrected chi connectivity index (χ2v) is 6.34. The lowest BCUT2D eigenvalue weighted by atomic mass is 10.0. The van der Waals surface area contributed by atoms with Crippen LogP contribution in [0.4, 0.5) is 4.79 Å². The molecule has 0 bridgehead atoms. The fraction of sp³-hybridized carbons (Fsp3) is 0.929. The number of morpholine rings is 1. The second kappa shape index (κ2) is 6.09. The van der Waals surface area contributed by atoms with Gasteiger partial charge in [0.25, 0.3) is 0 Å². The smallest absolute Gasteiger partial charge is 0.410 e. The third kappa shape index (κ3) is 4.35. The predicted octanol–water partition coefficient (Wildman–Crippen LogP) is 1.58. The maximum Gasteiger partial charge on any atom is 0.410 e. The van der Waals surface area contributed by atoms with Crippen molar-refractivity contribution in [3.63, 3.8) is 0 Å². The van der Waals surface area contributed by atoms with Gasteiger partial charge < -0.3 is 14.4 Å². The SMILES string of the molecule is CC1CN(C(=O)OC(C)(C)CCN2CCOCC2)C1. The Labute approximate surface area is 115 Å². The summed E-state index contributed by atoms with van der Waals surface area (Å²) < 4.78 is 10.9. The zero-order chi connectivity index (χ0) is 13.9. The van der Waals surface area contributed by atoms with Crippen LogP contribution in [0.2, 0.25) is 0 Å². The van der Waals surface area contributed by atoms with E-state index in [-0.39, 0.29) is 6.09 Å². The number of carbonyl (C=O) groups excluding carboxylic acids is 1. The summed E-state index contributed by atoms with van der Waals surface area (Å²) in [6.45, 7) is 12.3. The van der Waals surface area contributed by atoms with Crippen molar-refractivity contribution in [1.82, 2.24) is 9.80 Å². The van der Waals surface area contributed by atoms with Gasteiger partial charge in [0.05, 0.1) is 13.2 Å². The first-order valence-corrected chi connectivity index (χ1v) is 7.24. The standard InChI is InChI=1S/C14H26N2O3/c1-12-10-16(11-12)13(17)19-14(2,3)4-5-15-6-8-18-9-7-15/h12H,4-11H2,1-3H3. The summed E-state index contributed by atoms with van der Waals surface area (Å²) in [6.07, 6.45) is 0.701. The molecule has 0 aromatic rings. The lowest BCUT2D eigenvalue weighted by Gasteiger charge is -2.39. The quantitative estimate of drug-likeness (QED) is 0.778. The molecule has 0 unspecified atom stereocenters. The molecule has 2 aliphatic heterocycles. The van der Waals surface area contributed by atoms with E-state index in [1.54, 1.807) is 4.90 Å². The topological polar surface area (TPSA) is 42.0 Å². The minimum Gasteiger partial charge on any atom is -0.443 e. The highest BCUT2D eigenvalue weighted by atomic mass is 16.6. The third-order valence-electron chi connectivity index (χ3n) is 3.82. The lowest BCUT2D eigenvalue weighted by molar-refractivity contribution is -0.0227. The molecule has 1 amide bonds. The Morgan fingerprint density at radius 1 is 1.32 bits per heavy atom. The van der Waals surface area contributed by atoms with Crippen molar-refractivity contribution in [2.45, 2.75) is 32.8 Å². The van der Waals surface area contributed by atoms with Crippen molar-refractivity contribution in [3.05, 3.63) is 0 Å². The Balaban J connectivity index is 1.69. The molecule has 2 saturated heterocycles. The summed E-state index contributed by atoms with van der Waals surface area (Å²) in [5, 5.41) is 0. The molecule has 2 heterocycles. The molecule has 0 aliphatic carbocycles. The highest BCUT2D eigenvalue weighted by molar-refractivity contribution is 5.69. The minimum atomic E-state index is -0.395. The molecule has 0 atom stereocenters. The third-order valence-corrected chi connectivity index (χ3v) is 3.82. The highest BCUT2D eigenvalue weighted by Crippen LogP contribution is 2.21. The number of hydrogen-bond donors (Lipinski definition) is 0. The average molecular weight is 270 g/mol. The summed E-state index contributed by atoms with van der Waals surface area (Å²) in [6, 6.07) is 0. The first-order valence-electron chi connectivity index (χ1n) is 7.24. The molecule has 0 radical (unpaired) electrons. The number of rotatable bonds is 4. The molecule has 2 fully saturated rings. The summed E-state index contributed by atoms with van der Waals surface area (Å²) in [5.41, 5.74) is -0.395. The van der Waals surface area contributed by atoms with Crippen LogP contribution in [0.15, 0.2) is 0 Å². The first-order chi connectivity index (χ1) is 8.96. The monoisotopic (exact) mass is 270 g/mol. The average Bonchev–Trinajstić information content (AvgIpc) is 2.33. The molecule has 2 aliphatic rings. The van der Waals surface area contributed by atoms with Crippen molar-refractivity contribution in [2.24, 2.45) is 5.92 Å². The van der Waals surface area contributed by atoms with Crippen LogP contribution in [0.5, 0.6) is 0 Å². The largest absolute Gasteiger partial charge is 0.443 e. The Morgan fingerprint density at radius 2 is 1.95 bits per heavy atom. The van der Waals surface area contributed by atoms with Crippen LogP contribution in [-0.4, -0.2) is 67.4 Å². The molecule has 0 saturated carbocycles. The van der Waals surface area contributed by atoms with Gasteiger partial charge in [0.1, 0.15) is 5.60 Å². The zero-order valence-electron chi connectivity index (χ0n) is 12.4. The van der Waals surface area contributed by atoms with Gasteiger partial charge in [0.15, 0.2) is 0 Å². The van der Waals surface area contributed by atoms with Gasteiger partial charge in [0.2, 0.25) is 0 Å². The fourth-order valence-corrected chi connectivity index (χ4v) is 2.45. The van der Waals surface area contributed by atoms with E-state index in [0.29, 0.717) is 5.92 Å². The first kappa shape index (κ1) is 14.6.